The summed E-state index contributed by atoms with van der Waals surface area (Å²) in [5, 5.41) is 35.2. The Morgan fingerprint density at radius 3 is 2.18 bits per heavy atom. The number of amides is 2. The molecule has 0 aliphatic carbocycles. The fourth-order valence-electron chi connectivity index (χ4n) is 5.93. The lowest BCUT2D eigenvalue weighted by Crippen LogP contribution is -2.57. The summed E-state index contributed by atoms with van der Waals surface area (Å²) in [7, 11) is 0. The number of phenolic OH excluding ortho intramolecular Hbond substituents is 1. The molecule has 0 radical (unpaired) electrons. The van der Waals surface area contributed by atoms with Crippen molar-refractivity contribution in [2.45, 2.75) is 38.4 Å². The third kappa shape index (κ3) is 4.32. The number of hydrogen-bond acceptors (Lipinski definition) is 7. The van der Waals surface area contributed by atoms with Crippen LogP contribution in [0.4, 0.5) is 5.69 Å². The minimum absolute atomic E-state index is 0.0130. The molecule has 2 heterocycles. The van der Waals surface area contributed by atoms with Crippen molar-refractivity contribution in [1.29, 1.82) is 0 Å². The zero-order valence-electron chi connectivity index (χ0n) is 21.3. The van der Waals surface area contributed by atoms with Gasteiger partial charge in [0.05, 0.1) is 23.3 Å². The molecule has 3 aromatic carbocycles. The van der Waals surface area contributed by atoms with Crippen LogP contribution in [-0.2, 0) is 27.3 Å². The number of fused-ring (bicyclic) bond motifs is 1. The maximum Gasteiger partial charge on any atom is 0.325 e. The Morgan fingerprint density at radius 2 is 1.62 bits per heavy atom. The van der Waals surface area contributed by atoms with Crippen LogP contribution in [0.1, 0.15) is 33.9 Å². The molecule has 2 saturated heterocycles. The average Bonchev–Trinajstić information content (AvgIpc) is 3.38. The van der Waals surface area contributed by atoms with Gasteiger partial charge in [0.15, 0.2) is 0 Å². The van der Waals surface area contributed by atoms with Crippen LogP contribution < -0.4 is 5.32 Å². The van der Waals surface area contributed by atoms with Crippen LogP contribution >= 0.6 is 0 Å². The summed E-state index contributed by atoms with van der Waals surface area (Å²) in [4.78, 5) is 52.5. The van der Waals surface area contributed by atoms with Gasteiger partial charge in [-0.05, 0) is 41.7 Å². The van der Waals surface area contributed by atoms with Crippen molar-refractivity contribution in [2.24, 2.45) is 11.8 Å². The van der Waals surface area contributed by atoms with Crippen LogP contribution in [0.2, 0.25) is 0 Å². The zero-order chi connectivity index (χ0) is 28.1. The van der Waals surface area contributed by atoms with E-state index in [9.17, 15) is 34.7 Å². The summed E-state index contributed by atoms with van der Waals surface area (Å²) < 4.78 is 0. The second-order valence-electron chi connectivity index (χ2n) is 10.3. The quantitative estimate of drug-likeness (QED) is 0.239. The Hall–Kier alpha value is -4.57. The van der Waals surface area contributed by atoms with Crippen LogP contribution in [0.25, 0.3) is 0 Å². The molecule has 0 spiro atoms. The monoisotopic (exact) mass is 529 g/mol. The number of carboxylic acids is 1. The Bertz CT molecular complexity index is 1470. The number of rotatable bonds is 7. The number of aliphatic carboxylic acids is 1. The number of hydrogen-bond donors (Lipinski definition) is 3. The van der Waals surface area contributed by atoms with Crippen molar-refractivity contribution < 1.29 is 29.5 Å². The summed E-state index contributed by atoms with van der Waals surface area (Å²) in [6.45, 7) is 3.44. The molecule has 3 N–H and O–H groups in total. The number of non-ortho nitro benzene ring substituents is 1. The van der Waals surface area contributed by atoms with E-state index in [0.717, 1.165) is 10.5 Å². The summed E-state index contributed by atoms with van der Waals surface area (Å²) in [6, 6.07) is 17.0. The first-order valence-corrected chi connectivity index (χ1v) is 12.5. The molecule has 3 aromatic rings. The molecule has 10 heteroatoms. The van der Waals surface area contributed by atoms with E-state index < -0.39 is 46.1 Å². The normalized spacial score (nSPS) is 24.2. The molecule has 2 aliphatic rings. The number of benzene rings is 3. The predicted molar refractivity (Wildman–Crippen MR) is 140 cm³/mol. The SMILES string of the molecule is Cc1cc(C2NC(Cc3ccc([N+](=O)[O-])cc3)(C(=O)O)C3C(=O)N(Cc4ccccc4)C(=O)C23)cc(C)c1O. The molecule has 2 fully saturated rings. The van der Waals surface area contributed by atoms with Gasteiger partial charge in [-0.15, -0.1) is 0 Å². The van der Waals surface area contributed by atoms with Crippen molar-refractivity contribution >= 4 is 23.5 Å². The number of likely N-dealkylation sites (tertiary alicyclic amines) is 1. The van der Waals surface area contributed by atoms with E-state index in [1.807, 2.05) is 6.07 Å². The third-order valence-electron chi connectivity index (χ3n) is 7.81. The maximum absolute atomic E-state index is 13.9. The molecule has 4 atom stereocenters. The van der Waals surface area contributed by atoms with Gasteiger partial charge in [-0.2, -0.15) is 0 Å². The van der Waals surface area contributed by atoms with Crippen LogP contribution in [0.3, 0.4) is 0 Å². The van der Waals surface area contributed by atoms with Crippen LogP contribution in [0.5, 0.6) is 5.75 Å². The highest BCUT2D eigenvalue weighted by molar-refractivity contribution is 6.09. The number of nitro groups is 1. The number of nitrogens with zero attached hydrogens (tertiary/aromatic N) is 2. The lowest BCUT2D eigenvalue weighted by Gasteiger charge is -2.31. The molecule has 0 aromatic heterocycles. The van der Waals surface area contributed by atoms with Crippen molar-refractivity contribution in [1.82, 2.24) is 10.2 Å². The molecular formula is C29H27N3O7. The number of carbonyl (C=O) groups is 3. The first-order chi connectivity index (χ1) is 18.5. The fraction of sp³-hybridized carbons (Fsp3) is 0.276. The van der Waals surface area contributed by atoms with Gasteiger partial charge in [0.25, 0.3) is 5.69 Å². The first kappa shape index (κ1) is 26.1. The van der Waals surface area contributed by atoms with E-state index in [1.54, 1.807) is 50.2 Å². The first-order valence-electron chi connectivity index (χ1n) is 12.5. The number of nitro benzene ring substituents is 1. The summed E-state index contributed by atoms with van der Waals surface area (Å²) >= 11 is 0. The van der Waals surface area contributed by atoms with Crippen LogP contribution in [0.15, 0.2) is 66.7 Å². The third-order valence-corrected chi connectivity index (χ3v) is 7.81. The molecule has 0 bridgehead atoms. The largest absolute Gasteiger partial charge is 0.507 e. The molecule has 39 heavy (non-hydrogen) atoms. The molecule has 2 aliphatic heterocycles. The van der Waals surface area contributed by atoms with E-state index in [4.69, 9.17) is 0 Å². The predicted octanol–water partition coefficient (Wildman–Crippen LogP) is 3.43. The second kappa shape index (κ2) is 9.63. The minimum atomic E-state index is -1.86. The second-order valence-corrected chi connectivity index (χ2v) is 10.3. The van der Waals surface area contributed by atoms with Gasteiger partial charge in [-0.3, -0.25) is 34.7 Å². The van der Waals surface area contributed by atoms with E-state index in [1.165, 1.54) is 24.3 Å². The van der Waals surface area contributed by atoms with Gasteiger partial charge in [-0.1, -0.05) is 54.6 Å². The number of imide groups is 1. The van der Waals surface area contributed by atoms with Crippen molar-refractivity contribution in [3.63, 3.8) is 0 Å². The lowest BCUT2D eigenvalue weighted by molar-refractivity contribution is -0.384. The van der Waals surface area contributed by atoms with Crippen LogP contribution in [0, 0.1) is 35.8 Å². The van der Waals surface area contributed by atoms with Gasteiger partial charge in [0.2, 0.25) is 11.8 Å². The molecule has 4 unspecified atom stereocenters. The maximum atomic E-state index is 13.9. The fourth-order valence-corrected chi connectivity index (χ4v) is 5.93. The van der Waals surface area contributed by atoms with E-state index >= 15 is 0 Å². The highest BCUT2D eigenvalue weighted by Gasteiger charge is 2.68. The average molecular weight is 530 g/mol. The number of nitrogens with one attached hydrogen (secondary N) is 1. The highest BCUT2D eigenvalue weighted by atomic mass is 16.6. The van der Waals surface area contributed by atoms with Gasteiger partial charge in [0.1, 0.15) is 11.3 Å². The van der Waals surface area contributed by atoms with E-state index in [2.05, 4.69) is 5.32 Å². The highest BCUT2D eigenvalue weighted by Crippen LogP contribution is 2.51. The Kier molecular flexibility index (Phi) is 6.43. The number of aryl methyl sites for hydroxylation is 2. The van der Waals surface area contributed by atoms with Gasteiger partial charge < -0.3 is 10.2 Å². The topological polar surface area (TPSA) is 150 Å². The number of phenols is 1. The Morgan fingerprint density at radius 1 is 1.00 bits per heavy atom. The van der Waals surface area contributed by atoms with Crippen molar-refractivity contribution in [3.8, 4) is 5.75 Å². The number of aromatic hydroxyl groups is 1. The molecule has 0 saturated carbocycles. The standard InChI is InChI=1S/C29H27N3O7/c1-16-12-20(13-17(2)25(16)33)24-22-23(27(35)31(26(22)34)15-19-6-4-3-5-7-19)29(30-24,28(36)37)14-18-8-10-21(11-9-18)32(38)39/h3-13,22-24,30,33H,14-15H2,1-2H3,(H,36,37). The number of carbonyl (C=O) groups excluding carboxylic acids is 2. The van der Waals surface area contributed by atoms with Crippen molar-refractivity contribution in [2.75, 3.05) is 0 Å². The molecule has 10 nitrogen and oxygen atoms in total. The Balaban J connectivity index is 1.62. The van der Waals surface area contributed by atoms with Gasteiger partial charge in [0, 0.05) is 24.6 Å². The van der Waals surface area contributed by atoms with Gasteiger partial charge in [-0.25, -0.2) is 0 Å². The zero-order valence-corrected chi connectivity index (χ0v) is 21.3. The molecule has 5 rings (SSSR count). The smallest absolute Gasteiger partial charge is 0.325 e. The van der Waals surface area contributed by atoms with Crippen molar-refractivity contribution in [3.05, 3.63) is 105 Å². The van der Waals surface area contributed by atoms with Gasteiger partial charge >= 0.3 is 5.97 Å². The molecule has 200 valence electrons. The van der Waals surface area contributed by atoms with E-state index in [-0.39, 0.29) is 24.4 Å². The van der Waals surface area contributed by atoms with E-state index in [0.29, 0.717) is 22.3 Å². The molecular weight excluding hydrogens is 502 g/mol. The summed E-state index contributed by atoms with van der Waals surface area (Å²) in [6.07, 6.45) is -0.174. The van der Waals surface area contributed by atoms with Crippen LogP contribution in [-0.4, -0.2) is 43.4 Å². The Labute approximate surface area is 224 Å². The molecule has 2 amide bonds. The number of carboxylic acid groups (broad SMARTS) is 1. The lowest BCUT2D eigenvalue weighted by atomic mass is 9.76. The summed E-state index contributed by atoms with van der Waals surface area (Å²) in [5.74, 6) is -4.47. The summed E-state index contributed by atoms with van der Waals surface area (Å²) in [5.41, 5.74) is 0.908. The minimum Gasteiger partial charge on any atom is -0.507 e.